The smallest absolute Gasteiger partial charge is 0.0908 e. The first-order valence-corrected chi connectivity index (χ1v) is 9.66. The molecule has 3 heteroatoms. The van der Waals surface area contributed by atoms with Crippen LogP contribution in [-0.4, -0.2) is 30.3 Å². The summed E-state index contributed by atoms with van der Waals surface area (Å²) in [6.07, 6.45) is 17.2. The lowest BCUT2D eigenvalue weighted by atomic mass is 10.0. The number of rotatable bonds is 17. The molecule has 0 saturated carbocycles. The second-order valence-corrected chi connectivity index (χ2v) is 6.43. The molecule has 0 fully saturated rings. The predicted molar refractivity (Wildman–Crippen MR) is 93.2 cm³/mol. The minimum absolute atomic E-state index is 0.263. The van der Waals surface area contributed by atoms with Gasteiger partial charge in [0.2, 0.25) is 0 Å². The van der Waals surface area contributed by atoms with Crippen LogP contribution in [0.15, 0.2) is 0 Å². The van der Waals surface area contributed by atoms with Gasteiger partial charge in [0.05, 0.1) is 18.6 Å². The highest BCUT2D eigenvalue weighted by Crippen LogP contribution is 2.12. The van der Waals surface area contributed by atoms with Gasteiger partial charge < -0.3 is 9.84 Å². The van der Waals surface area contributed by atoms with E-state index in [1.54, 1.807) is 0 Å². The van der Waals surface area contributed by atoms with Gasteiger partial charge in [-0.15, -0.1) is 11.6 Å². The maximum absolute atomic E-state index is 9.20. The van der Waals surface area contributed by atoms with Crippen molar-refractivity contribution in [2.45, 2.75) is 96.5 Å². The van der Waals surface area contributed by atoms with Crippen molar-refractivity contribution >= 4 is 11.6 Å². The number of aliphatic hydroxyl groups is 1. The van der Waals surface area contributed by atoms with Crippen LogP contribution in [0.1, 0.15) is 90.4 Å². The fourth-order valence-corrected chi connectivity index (χ4v) is 2.57. The number of hydrogen-bond acceptors (Lipinski definition) is 2. The van der Waals surface area contributed by atoms with Gasteiger partial charge in [0.1, 0.15) is 0 Å². The van der Waals surface area contributed by atoms with Crippen molar-refractivity contribution in [1.29, 1.82) is 0 Å². The Morgan fingerprint density at radius 3 is 1.62 bits per heavy atom. The summed E-state index contributed by atoms with van der Waals surface area (Å²) in [5, 5.41) is 9.20. The summed E-state index contributed by atoms with van der Waals surface area (Å²) < 4.78 is 5.35. The van der Waals surface area contributed by atoms with E-state index in [4.69, 9.17) is 16.3 Å². The molecule has 0 aliphatic heterocycles. The maximum Gasteiger partial charge on any atom is 0.0908 e. The molecule has 0 aliphatic carbocycles. The average molecular weight is 321 g/mol. The average Bonchev–Trinajstić information content (AvgIpc) is 2.50. The Morgan fingerprint density at radius 1 is 0.762 bits per heavy atom. The largest absolute Gasteiger partial charge is 0.389 e. The molecule has 0 aromatic rings. The van der Waals surface area contributed by atoms with Crippen LogP contribution in [0.25, 0.3) is 0 Å². The molecular weight excluding hydrogens is 284 g/mol. The monoisotopic (exact) mass is 320 g/mol. The van der Waals surface area contributed by atoms with Gasteiger partial charge in [0.15, 0.2) is 0 Å². The number of halogens is 1. The molecule has 0 heterocycles. The number of aliphatic hydroxyl groups excluding tert-OH is 1. The molecule has 0 aromatic heterocycles. The Kier molecular flexibility index (Phi) is 18.4. The van der Waals surface area contributed by atoms with Crippen LogP contribution >= 0.6 is 11.6 Å². The van der Waals surface area contributed by atoms with Gasteiger partial charge in [-0.2, -0.15) is 0 Å². The molecule has 21 heavy (non-hydrogen) atoms. The van der Waals surface area contributed by atoms with E-state index >= 15 is 0 Å². The van der Waals surface area contributed by atoms with Crippen molar-refractivity contribution in [3.63, 3.8) is 0 Å². The number of ether oxygens (including phenoxy) is 1. The fourth-order valence-electron chi connectivity index (χ4n) is 2.49. The number of hydrogen-bond donors (Lipinski definition) is 1. The molecule has 0 radical (unpaired) electrons. The van der Waals surface area contributed by atoms with E-state index in [9.17, 15) is 5.11 Å². The van der Waals surface area contributed by atoms with Gasteiger partial charge >= 0.3 is 0 Å². The molecule has 0 saturated heterocycles. The molecule has 0 aliphatic rings. The molecule has 1 unspecified atom stereocenters. The molecular formula is C18H37ClO2. The summed E-state index contributed by atoms with van der Waals surface area (Å²) in [5.41, 5.74) is 0. The summed E-state index contributed by atoms with van der Waals surface area (Å²) in [6, 6.07) is 0. The SMILES string of the molecule is CCCCCCCCCCCCCCCOCC(O)CCl. The van der Waals surface area contributed by atoms with Crippen LogP contribution in [0, 0.1) is 0 Å². The molecule has 0 bridgehead atoms. The Balaban J connectivity index is 2.96. The topological polar surface area (TPSA) is 29.5 Å². The lowest BCUT2D eigenvalue weighted by Gasteiger charge is -2.07. The lowest BCUT2D eigenvalue weighted by Crippen LogP contribution is -2.17. The van der Waals surface area contributed by atoms with Crippen molar-refractivity contribution in [2.24, 2.45) is 0 Å². The van der Waals surface area contributed by atoms with E-state index in [2.05, 4.69) is 6.92 Å². The van der Waals surface area contributed by atoms with E-state index in [0.29, 0.717) is 6.61 Å². The zero-order chi connectivity index (χ0) is 15.6. The van der Waals surface area contributed by atoms with E-state index in [0.717, 1.165) is 13.0 Å². The molecule has 0 rings (SSSR count). The summed E-state index contributed by atoms with van der Waals surface area (Å²) >= 11 is 5.49. The Bertz CT molecular complexity index is 188. The van der Waals surface area contributed by atoms with Crippen LogP contribution < -0.4 is 0 Å². The van der Waals surface area contributed by atoms with E-state index in [-0.39, 0.29) is 5.88 Å². The van der Waals surface area contributed by atoms with Crippen LogP contribution in [0.3, 0.4) is 0 Å². The van der Waals surface area contributed by atoms with Gasteiger partial charge in [-0.05, 0) is 6.42 Å². The van der Waals surface area contributed by atoms with Crippen molar-refractivity contribution in [3.05, 3.63) is 0 Å². The van der Waals surface area contributed by atoms with Gasteiger partial charge in [0.25, 0.3) is 0 Å². The van der Waals surface area contributed by atoms with E-state index < -0.39 is 6.10 Å². The summed E-state index contributed by atoms with van der Waals surface area (Å²) in [4.78, 5) is 0. The molecule has 128 valence electrons. The molecule has 1 N–H and O–H groups in total. The van der Waals surface area contributed by atoms with Crippen molar-refractivity contribution < 1.29 is 9.84 Å². The van der Waals surface area contributed by atoms with Crippen LogP contribution in [-0.2, 0) is 4.74 Å². The molecule has 0 aromatic carbocycles. The summed E-state index contributed by atoms with van der Waals surface area (Å²) in [7, 11) is 0. The van der Waals surface area contributed by atoms with Gasteiger partial charge in [-0.3, -0.25) is 0 Å². The van der Waals surface area contributed by atoms with Gasteiger partial charge in [0, 0.05) is 6.61 Å². The maximum atomic E-state index is 9.20. The van der Waals surface area contributed by atoms with Gasteiger partial charge in [-0.1, -0.05) is 84.0 Å². The molecule has 1 atom stereocenters. The van der Waals surface area contributed by atoms with Crippen LogP contribution in [0.2, 0.25) is 0 Å². The van der Waals surface area contributed by atoms with E-state index in [1.807, 2.05) is 0 Å². The summed E-state index contributed by atoms with van der Waals surface area (Å²) in [6.45, 7) is 3.41. The Hall–Kier alpha value is 0.210. The minimum atomic E-state index is -0.506. The number of alkyl halides is 1. The first-order chi connectivity index (χ1) is 10.3. The third-order valence-electron chi connectivity index (χ3n) is 3.88. The van der Waals surface area contributed by atoms with E-state index in [1.165, 1.54) is 77.0 Å². The zero-order valence-corrected chi connectivity index (χ0v) is 14.9. The summed E-state index contributed by atoms with van der Waals surface area (Å²) in [5.74, 6) is 0.263. The second-order valence-electron chi connectivity index (χ2n) is 6.13. The first kappa shape index (κ1) is 21.2. The van der Waals surface area contributed by atoms with Crippen LogP contribution in [0.5, 0.6) is 0 Å². The quantitative estimate of drug-likeness (QED) is 0.275. The molecule has 0 amide bonds. The lowest BCUT2D eigenvalue weighted by molar-refractivity contribution is 0.0461. The molecule has 0 spiro atoms. The van der Waals surface area contributed by atoms with Crippen molar-refractivity contribution in [1.82, 2.24) is 0 Å². The predicted octanol–water partition coefficient (Wildman–Crippen LogP) is 5.69. The Labute approximate surface area is 137 Å². The third-order valence-corrected chi connectivity index (χ3v) is 4.24. The highest BCUT2D eigenvalue weighted by Gasteiger charge is 2.00. The van der Waals surface area contributed by atoms with Gasteiger partial charge in [-0.25, -0.2) is 0 Å². The standard InChI is InChI=1S/C18H37ClO2/c1-2-3-4-5-6-7-8-9-10-11-12-13-14-15-21-17-18(20)16-19/h18,20H,2-17H2,1H3. The zero-order valence-electron chi connectivity index (χ0n) is 14.1. The third kappa shape index (κ3) is 18.2. The highest BCUT2D eigenvalue weighted by molar-refractivity contribution is 6.18. The second kappa shape index (κ2) is 18.3. The normalized spacial score (nSPS) is 12.7. The molecule has 2 nitrogen and oxygen atoms in total. The first-order valence-electron chi connectivity index (χ1n) is 9.13. The fraction of sp³-hybridized carbons (Fsp3) is 1.00. The van der Waals surface area contributed by atoms with Crippen molar-refractivity contribution in [2.75, 3.05) is 19.1 Å². The van der Waals surface area contributed by atoms with Crippen LogP contribution in [0.4, 0.5) is 0 Å². The Morgan fingerprint density at radius 2 is 1.19 bits per heavy atom. The van der Waals surface area contributed by atoms with Crippen molar-refractivity contribution in [3.8, 4) is 0 Å². The number of unbranched alkanes of at least 4 members (excludes halogenated alkanes) is 12. The highest BCUT2D eigenvalue weighted by atomic mass is 35.5. The minimum Gasteiger partial charge on any atom is -0.389 e.